The zero-order chi connectivity index (χ0) is 14.7. The number of benzene rings is 1. The first kappa shape index (κ1) is 14.1. The predicted molar refractivity (Wildman–Crippen MR) is 83.9 cm³/mol. The molecule has 0 saturated heterocycles. The lowest BCUT2D eigenvalue weighted by molar-refractivity contribution is 0.393. The third kappa shape index (κ3) is 3.09. The van der Waals surface area contributed by atoms with E-state index in [2.05, 4.69) is 10.1 Å². The molecule has 21 heavy (non-hydrogen) atoms. The van der Waals surface area contributed by atoms with Gasteiger partial charge < -0.3 is 10.3 Å². The van der Waals surface area contributed by atoms with Gasteiger partial charge in [-0.1, -0.05) is 43.3 Å². The topological polar surface area (TPSA) is 64.9 Å². The number of hydrogen-bond acceptors (Lipinski definition) is 4. The Morgan fingerprint density at radius 3 is 2.57 bits per heavy atom. The highest BCUT2D eigenvalue weighted by atomic mass is 16.5. The highest BCUT2D eigenvalue weighted by Gasteiger charge is 2.20. The van der Waals surface area contributed by atoms with E-state index in [1.807, 2.05) is 25.1 Å². The summed E-state index contributed by atoms with van der Waals surface area (Å²) in [4.78, 5) is 4.65. The van der Waals surface area contributed by atoms with Crippen LogP contribution in [0.5, 0.6) is 0 Å². The molecule has 1 fully saturated rings. The van der Waals surface area contributed by atoms with E-state index < -0.39 is 0 Å². The molecule has 0 unspecified atom stereocenters. The largest absolute Gasteiger partial charge is 0.398 e. The van der Waals surface area contributed by atoms with Crippen molar-refractivity contribution in [1.82, 2.24) is 10.1 Å². The molecule has 0 atom stereocenters. The van der Waals surface area contributed by atoms with Gasteiger partial charge in [0, 0.05) is 17.2 Å². The predicted octanol–water partition coefficient (Wildman–Crippen LogP) is 4.46. The van der Waals surface area contributed by atoms with Crippen LogP contribution in [0.15, 0.2) is 22.7 Å². The van der Waals surface area contributed by atoms with E-state index in [1.165, 1.54) is 44.9 Å². The lowest BCUT2D eigenvalue weighted by Gasteiger charge is -2.15. The Hall–Kier alpha value is -1.84. The molecule has 1 aromatic carbocycles. The summed E-state index contributed by atoms with van der Waals surface area (Å²) in [5, 5.41) is 4.23. The molecule has 0 radical (unpaired) electrons. The van der Waals surface area contributed by atoms with Gasteiger partial charge in [0.25, 0.3) is 5.89 Å². The molecular formula is C17H23N3O. The fraction of sp³-hybridized carbons (Fsp3) is 0.529. The molecule has 3 rings (SSSR count). The quantitative estimate of drug-likeness (QED) is 0.828. The maximum absolute atomic E-state index is 5.96. The average molecular weight is 285 g/mol. The minimum absolute atomic E-state index is 0.448. The summed E-state index contributed by atoms with van der Waals surface area (Å²) in [5.41, 5.74) is 8.67. The second kappa shape index (κ2) is 6.29. The normalized spacial score (nSPS) is 17.4. The van der Waals surface area contributed by atoms with Gasteiger partial charge in [-0.3, -0.25) is 0 Å². The van der Waals surface area contributed by atoms with Gasteiger partial charge in [0.15, 0.2) is 5.82 Å². The molecule has 2 aromatic rings. The molecule has 1 aromatic heterocycles. The van der Waals surface area contributed by atoms with Crippen LogP contribution in [0, 0.1) is 6.92 Å². The SMILES string of the molecule is Cc1c(N)cccc1-c1nc(C2CCCCCCC2)no1. The number of nitrogens with two attached hydrogens (primary N) is 1. The number of aromatic nitrogens is 2. The highest BCUT2D eigenvalue weighted by molar-refractivity contribution is 5.66. The Labute approximate surface area is 125 Å². The lowest BCUT2D eigenvalue weighted by atomic mass is 9.91. The van der Waals surface area contributed by atoms with Crippen LogP contribution in [0.4, 0.5) is 5.69 Å². The minimum Gasteiger partial charge on any atom is -0.398 e. The minimum atomic E-state index is 0.448. The van der Waals surface area contributed by atoms with Crippen molar-refractivity contribution in [1.29, 1.82) is 0 Å². The van der Waals surface area contributed by atoms with Crippen LogP contribution >= 0.6 is 0 Å². The van der Waals surface area contributed by atoms with Gasteiger partial charge in [0.05, 0.1) is 0 Å². The van der Waals surface area contributed by atoms with Crippen molar-refractivity contribution in [3.05, 3.63) is 29.6 Å². The number of hydrogen-bond donors (Lipinski definition) is 1. The van der Waals surface area contributed by atoms with E-state index >= 15 is 0 Å². The van der Waals surface area contributed by atoms with Crippen LogP contribution in [0.2, 0.25) is 0 Å². The summed E-state index contributed by atoms with van der Waals surface area (Å²) >= 11 is 0. The number of nitrogens with zero attached hydrogens (tertiary/aromatic N) is 2. The summed E-state index contributed by atoms with van der Waals surface area (Å²) in [7, 11) is 0. The molecule has 0 bridgehead atoms. The van der Waals surface area contributed by atoms with E-state index in [0.717, 1.165) is 22.6 Å². The van der Waals surface area contributed by atoms with Gasteiger partial charge in [-0.15, -0.1) is 0 Å². The average Bonchev–Trinajstić information content (AvgIpc) is 2.91. The standard InChI is InChI=1S/C17H23N3O/c1-12-14(10-7-11-15(12)18)17-19-16(20-21-17)13-8-5-3-2-4-6-9-13/h7,10-11,13H,2-6,8-9,18H2,1H3. The van der Waals surface area contributed by atoms with Crippen LogP contribution in [0.3, 0.4) is 0 Å². The van der Waals surface area contributed by atoms with Gasteiger partial charge in [-0.25, -0.2) is 0 Å². The second-order valence-corrected chi connectivity index (χ2v) is 6.02. The zero-order valence-electron chi connectivity index (χ0n) is 12.6. The molecule has 0 amide bonds. The second-order valence-electron chi connectivity index (χ2n) is 6.02. The number of anilines is 1. The molecule has 4 heteroatoms. The summed E-state index contributed by atoms with van der Waals surface area (Å²) in [6.07, 6.45) is 8.92. The summed E-state index contributed by atoms with van der Waals surface area (Å²) in [6.45, 7) is 1.99. The lowest BCUT2D eigenvalue weighted by Crippen LogP contribution is -2.04. The van der Waals surface area contributed by atoms with Gasteiger partial charge in [0.2, 0.25) is 0 Å². The highest BCUT2D eigenvalue weighted by Crippen LogP contribution is 2.31. The molecule has 4 nitrogen and oxygen atoms in total. The van der Waals surface area contributed by atoms with Crippen molar-refractivity contribution < 1.29 is 4.52 Å². The Morgan fingerprint density at radius 2 is 1.81 bits per heavy atom. The summed E-state index contributed by atoms with van der Waals surface area (Å²) in [5.74, 6) is 1.91. The van der Waals surface area contributed by atoms with Gasteiger partial charge in [0.1, 0.15) is 0 Å². The van der Waals surface area contributed by atoms with Crippen molar-refractivity contribution in [3.8, 4) is 11.5 Å². The maximum atomic E-state index is 5.96. The fourth-order valence-electron chi connectivity index (χ4n) is 3.11. The molecular weight excluding hydrogens is 262 g/mol. The molecule has 2 N–H and O–H groups in total. The van der Waals surface area contributed by atoms with Gasteiger partial charge in [-0.05, 0) is 37.5 Å². The Balaban J connectivity index is 1.83. The Morgan fingerprint density at radius 1 is 1.10 bits per heavy atom. The third-order valence-electron chi connectivity index (χ3n) is 4.52. The van der Waals surface area contributed by atoms with Crippen LogP contribution in [0.25, 0.3) is 11.5 Å². The Kier molecular flexibility index (Phi) is 4.23. The number of nitrogen functional groups attached to an aromatic ring is 1. The zero-order valence-corrected chi connectivity index (χ0v) is 12.6. The van der Waals surface area contributed by atoms with Crippen LogP contribution in [-0.2, 0) is 0 Å². The van der Waals surface area contributed by atoms with Crippen molar-refractivity contribution in [2.75, 3.05) is 5.73 Å². The van der Waals surface area contributed by atoms with E-state index in [-0.39, 0.29) is 0 Å². The van der Waals surface area contributed by atoms with E-state index in [1.54, 1.807) is 0 Å². The summed E-state index contributed by atoms with van der Waals surface area (Å²) in [6, 6.07) is 5.81. The molecule has 1 aliphatic carbocycles. The van der Waals surface area contributed by atoms with Crippen LogP contribution < -0.4 is 5.73 Å². The molecule has 1 heterocycles. The van der Waals surface area contributed by atoms with E-state index in [9.17, 15) is 0 Å². The summed E-state index contributed by atoms with van der Waals surface area (Å²) < 4.78 is 5.50. The molecule has 1 saturated carbocycles. The van der Waals surface area contributed by atoms with Crippen molar-refractivity contribution >= 4 is 5.69 Å². The monoisotopic (exact) mass is 285 g/mol. The Bertz CT molecular complexity index is 598. The first-order valence-electron chi connectivity index (χ1n) is 7.95. The van der Waals surface area contributed by atoms with E-state index in [4.69, 9.17) is 10.3 Å². The molecule has 1 aliphatic rings. The number of rotatable bonds is 2. The van der Waals surface area contributed by atoms with Crippen molar-refractivity contribution in [2.45, 2.75) is 57.8 Å². The fourth-order valence-corrected chi connectivity index (χ4v) is 3.11. The van der Waals surface area contributed by atoms with Gasteiger partial charge in [-0.2, -0.15) is 4.98 Å². The molecule has 112 valence electrons. The smallest absolute Gasteiger partial charge is 0.258 e. The van der Waals surface area contributed by atoms with Gasteiger partial charge >= 0.3 is 0 Å². The van der Waals surface area contributed by atoms with Crippen molar-refractivity contribution in [2.24, 2.45) is 0 Å². The van der Waals surface area contributed by atoms with Crippen LogP contribution in [0.1, 0.15) is 62.3 Å². The molecule has 0 spiro atoms. The van der Waals surface area contributed by atoms with Crippen LogP contribution in [-0.4, -0.2) is 10.1 Å². The van der Waals surface area contributed by atoms with Crippen molar-refractivity contribution in [3.63, 3.8) is 0 Å². The first-order chi connectivity index (χ1) is 10.3. The maximum Gasteiger partial charge on any atom is 0.258 e. The third-order valence-corrected chi connectivity index (χ3v) is 4.52. The van der Waals surface area contributed by atoms with E-state index in [0.29, 0.717) is 11.8 Å². The first-order valence-corrected chi connectivity index (χ1v) is 7.95. The molecule has 0 aliphatic heterocycles.